The highest BCUT2D eigenvalue weighted by Crippen LogP contribution is 2.26. The van der Waals surface area contributed by atoms with Gasteiger partial charge in [0.05, 0.1) is 25.1 Å². The van der Waals surface area contributed by atoms with Crippen LogP contribution in [0.15, 0.2) is 42.5 Å². The van der Waals surface area contributed by atoms with E-state index in [2.05, 4.69) is 10.6 Å². The van der Waals surface area contributed by atoms with Crippen LogP contribution in [0.1, 0.15) is 6.92 Å². The first-order valence-corrected chi connectivity index (χ1v) is 7.28. The molecule has 0 atom stereocenters. The van der Waals surface area contributed by atoms with Gasteiger partial charge >= 0.3 is 0 Å². The highest BCUT2D eigenvalue weighted by atomic mass is 32.1. The Morgan fingerprint density at radius 2 is 1.91 bits per heavy atom. The molecule has 6 heteroatoms. The van der Waals surface area contributed by atoms with E-state index in [1.165, 1.54) is 0 Å². The number of benzene rings is 2. The summed E-state index contributed by atoms with van der Waals surface area (Å²) in [5, 5.41) is 6.65. The number of methoxy groups -OCH3 is 1. The molecule has 0 amide bonds. The van der Waals surface area contributed by atoms with E-state index in [9.17, 15) is 0 Å². The van der Waals surface area contributed by atoms with Crippen LogP contribution in [-0.2, 0) is 0 Å². The third kappa shape index (κ3) is 4.02. The standard InChI is InChI=1S/C16H19N3O2S/c1-3-21-15-7-5-4-6-13(15)19-16(22)18-11-8-9-14(20-2)12(17)10-11/h4-10H,3,17H2,1-2H3,(H2,18,19,22). The Labute approximate surface area is 135 Å². The molecule has 0 bridgehead atoms. The van der Waals surface area contributed by atoms with Gasteiger partial charge in [-0.2, -0.15) is 0 Å². The van der Waals surface area contributed by atoms with Crippen LogP contribution < -0.4 is 25.8 Å². The van der Waals surface area contributed by atoms with E-state index >= 15 is 0 Å². The van der Waals surface area contributed by atoms with Crippen molar-refractivity contribution in [2.45, 2.75) is 6.92 Å². The number of nitrogen functional groups attached to an aromatic ring is 1. The van der Waals surface area contributed by atoms with Gasteiger partial charge in [-0.25, -0.2) is 0 Å². The lowest BCUT2D eigenvalue weighted by Gasteiger charge is -2.14. The van der Waals surface area contributed by atoms with Crippen LogP contribution >= 0.6 is 12.2 Å². The maximum atomic E-state index is 5.88. The van der Waals surface area contributed by atoms with Gasteiger partial charge in [-0.15, -0.1) is 0 Å². The summed E-state index contributed by atoms with van der Waals surface area (Å²) >= 11 is 5.32. The van der Waals surface area contributed by atoms with Gasteiger partial charge < -0.3 is 25.8 Å². The minimum absolute atomic E-state index is 0.455. The van der Waals surface area contributed by atoms with E-state index in [1.54, 1.807) is 19.2 Å². The van der Waals surface area contributed by atoms with Gasteiger partial charge in [-0.05, 0) is 49.5 Å². The van der Waals surface area contributed by atoms with Gasteiger partial charge in [-0.1, -0.05) is 12.1 Å². The number of para-hydroxylation sites is 2. The summed E-state index contributed by atoms with van der Waals surface area (Å²) in [7, 11) is 1.58. The first-order chi connectivity index (χ1) is 10.6. The minimum atomic E-state index is 0.455. The van der Waals surface area contributed by atoms with Crippen molar-refractivity contribution in [2.24, 2.45) is 0 Å². The Hall–Kier alpha value is -2.47. The summed E-state index contributed by atoms with van der Waals surface area (Å²) < 4.78 is 10.7. The molecular formula is C16H19N3O2S. The number of ether oxygens (including phenoxy) is 2. The van der Waals surface area contributed by atoms with E-state index in [-0.39, 0.29) is 0 Å². The van der Waals surface area contributed by atoms with Crippen molar-refractivity contribution in [1.29, 1.82) is 0 Å². The highest BCUT2D eigenvalue weighted by molar-refractivity contribution is 7.80. The summed E-state index contributed by atoms with van der Waals surface area (Å²) in [5.41, 5.74) is 8.01. The van der Waals surface area contributed by atoms with Crippen LogP contribution in [0.4, 0.5) is 17.1 Å². The predicted octanol–water partition coefficient (Wildman–Crippen LogP) is 3.49. The highest BCUT2D eigenvalue weighted by Gasteiger charge is 2.06. The molecule has 2 aromatic rings. The molecule has 4 N–H and O–H groups in total. The third-order valence-electron chi connectivity index (χ3n) is 2.92. The second-order valence-corrected chi connectivity index (χ2v) is 4.87. The Morgan fingerprint density at radius 3 is 2.59 bits per heavy atom. The monoisotopic (exact) mass is 317 g/mol. The maximum absolute atomic E-state index is 5.88. The summed E-state index contributed by atoms with van der Waals surface area (Å²) in [6, 6.07) is 13.0. The fourth-order valence-corrected chi connectivity index (χ4v) is 2.18. The second kappa shape index (κ2) is 7.51. The van der Waals surface area contributed by atoms with Gasteiger partial charge in [0.25, 0.3) is 0 Å². The van der Waals surface area contributed by atoms with Crippen LogP contribution in [0.25, 0.3) is 0 Å². The number of hydrogen-bond donors (Lipinski definition) is 3. The normalized spacial score (nSPS) is 9.91. The molecule has 0 aliphatic carbocycles. The number of anilines is 3. The lowest BCUT2D eigenvalue weighted by atomic mass is 10.2. The van der Waals surface area contributed by atoms with Crippen molar-refractivity contribution in [3.8, 4) is 11.5 Å². The van der Waals surface area contributed by atoms with Crippen molar-refractivity contribution in [3.05, 3.63) is 42.5 Å². The molecule has 116 valence electrons. The fraction of sp³-hybridized carbons (Fsp3) is 0.188. The topological polar surface area (TPSA) is 68.5 Å². The molecule has 2 aromatic carbocycles. The van der Waals surface area contributed by atoms with E-state index in [0.717, 1.165) is 17.1 Å². The zero-order chi connectivity index (χ0) is 15.9. The first kappa shape index (κ1) is 15.9. The van der Waals surface area contributed by atoms with Crippen molar-refractivity contribution in [3.63, 3.8) is 0 Å². The molecule has 0 unspecified atom stereocenters. The number of nitrogens with two attached hydrogens (primary N) is 1. The molecule has 0 fully saturated rings. The average molecular weight is 317 g/mol. The van der Waals surface area contributed by atoms with Crippen LogP contribution in [0.2, 0.25) is 0 Å². The van der Waals surface area contributed by atoms with Crippen LogP contribution in [0.3, 0.4) is 0 Å². The maximum Gasteiger partial charge on any atom is 0.175 e. The molecule has 0 spiro atoms. The molecule has 0 saturated heterocycles. The molecule has 0 radical (unpaired) electrons. The molecule has 0 aliphatic rings. The minimum Gasteiger partial charge on any atom is -0.495 e. The smallest absolute Gasteiger partial charge is 0.175 e. The quantitative estimate of drug-likeness (QED) is 0.579. The lowest BCUT2D eigenvalue weighted by Crippen LogP contribution is -2.19. The zero-order valence-corrected chi connectivity index (χ0v) is 13.4. The largest absolute Gasteiger partial charge is 0.495 e. The molecule has 5 nitrogen and oxygen atoms in total. The van der Waals surface area contributed by atoms with Gasteiger partial charge in [0.2, 0.25) is 0 Å². The van der Waals surface area contributed by atoms with Crippen LogP contribution in [0, 0.1) is 0 Å². The van der Waals surface area contributed by atoms with E-state index in [1.807, 2.05) is 37.3 Å². The third-order valence-corrected chi connectivity index (χ3v) is 3.13. The summed E-state index contributed by atoms with van der Waals surface area (Å²) in [5.74, 6) is 1.38. The summed E-state index contributed by atoms with van der Waals surface area (Å²) in [6.07, 6.45) is 0. The molecular weight excluding hydrogens is 298 g/mol. The van der Waals surface area contributed by atoms with E-state index < -0.39 is 0 Å². The van der Waals surface area contributed by atoms with E-state index in [0.29, 0.717) is 23.2 Å². The van der Waals surface area contributed by atoms with Crippen molar-refractivity contribution in [1.82, 2.24) is 0 Å². The molecule has 0 aliphatic heterocycles. The van der Waals surface area contributed by atoms with E-state index in [4.69, 9.17) is 27.4 Å². The van der Waals surface area contributed by atoms with Gasteiger partial charge in [-0.3, -0.25) is 0 Å². The van der Waals surface area contributed by atoms with Gasteiger partial charge in [0.1, 0.15) is 11.5 Å². The zero-order valence-electron chi connectivity index (χ0n) is 12.6. The Bertz CT molecular complexity index is 662. The summed E-state index contributed by atoms with van der Waals surface area (Å²) in [6.45, 7) is 2.53. The van der Waals surface area contributed by atoms with Crippen molar-refractivity contribution < 1.29 is 9.47 Å². The SMILES string of the molecule is CCOc1ccccc1NC(=S)Nc1ccc(OC)c(N)c1. The number of thiocarbonyl (C=S) groups is 1. The fourth-order valence-electron chi connectivity index (χ4n) is 1.95. The Kier molecular flexibility index (Phi) is 5.43. The molecule has 0 heterocycles. The van der Waals surface area contributed by atoms with Gasteiger partial charge in [0, 0.05) is 5.69 Å². The number of nitrogens with one attached hydrogen (secondary N) is 2. The van der Waals surface area contributed by atoms with Crippen molar-refractivity contribution in [2.75, 3.05) is 30.1 Å². The van der Waals surface area contributed by atoms with Crippen LogP contribution in [-0.4, -0.2) is 18.8 Å². The average Bonchev–Trinajstić information content (AvgIpc) is 2.49. The molecule has 2 rings (SSSR count). The lowest BCUT2D eigenvalue weighted by molar-refractivity contribution is 0.342. The molecule has 0 saturated carbocycles. The predicted molar refractivity (Wildman–Crippen MR) is 94.9 cm³/mol. The van der Waals surface area contributed by atoms with Gasteiger partial charge in [0.15, 0.2) is 5.11 Å². The number of hydrogen-bond acceptors (Lipinski definition) is 4. The number of rotatable bonds is 5. The van der Waals surface area contributed by atoms with Crippen LogP contribution in [0.5, 0.6) is 11.5 Å². The molecule has 0 aromatic heterocycles. The summed E-state index contributed by atoms with van der Waals surface area (Å²) in [4.78, 5) is 0. The Balaban J connectivity index is 2.06. The Morgan fingerprint density at radius 1 is 1.14 bits per heavy atom. The second-order valence-electron chi connectivity index (χ2n) is 4.47. The van der Waals surface area contributed by atoms with Crippen molar-refractivity contribution >= 4 is 34.4 Å². The molecule has 22 heavy (non-hydrogen) atoms. The first-order valence-electron chi connectivity index (χ1n) is 6.87.